The van der Waals surface area contributed by atoms with E-state index in [1.165, 1.54) is 37.7 Å². The molecule has 1 aromatic carbocycles. The minimum atomic E-state index is 0.159. The van der Waals surface area contributed by atoms with E-state index in [-0.39, 0.29) is 5.54 Å². The Morgan fingerprint density at radius 3 is 2.52 bits per heavy atom. The van der Waals surface area contributed by atoms with E-state index in [1.807, 2.05) is 12.1 Å². The van der Waals surface area contributed by atoms with Crippen LogP contribution in [0.25, 0.3) is 0 Å². The van der Waals surface area contributed by atoms with Gasteiger partial charge in [0.05, 0.1) is 7.11 Å². The Morgan fingerprint density at radius 1 is 1.29 bits per heavy atom. The summed E-state index contributed by atoms with van der Waals surface area (Å²) < 4.78 is 5.48. The summed E-state index contributed by atoms with van der Waals surface area (Å²) in [5, 5.41) is 0. The topological polar surface area (TPSA) is 38.5 Å². The van der Waals surface area contributed by atoms with Gasteiger partial charge in [0.2, 0.25) is 0 Å². The summed E-state index contributed by atoms with van der Waals surface area (Å²) >= 11 is 0. The molecule has 0 unspecified atom stereocenters. The second-order valence-corrected chi connectivity index (χ2v) is 6.45. The first kappa shape index (κ1) is 16.3. The van der Waals surface area contributed by atoms with Crippen molar-refractivity contribution in [2.45, 2.75) is 51.1 Å². The number of nitrogens with two attached hydrogens (primary N) is 1. The van der Waals surface area contributed by atoms with Crippen molar-refractivity contribution >= 4 is 0 Å². The van der Waals surface area contributed by atoms with Gasteiger partial charge in [-0.15, -0.1) is 0 Å². The number of para-hydroxylation sites is 1. The highest BCUT2D eigenvalue weighted by Gasteiger charge is 2.37. The zero-order valence-corrected chi connectivity index (χ0v) is 13.8. The fourth-order valence-corrected chi connectivity index (χ4v) is 3.62. The number of hydrogen-bond acceptors (Lipinski definition) is 3. The summed E-state index contributed by atoms with van der Waals surface area (Å²) in [6, 6.07) is 8.28. The SMILES string of the molecule is CCC1CCC(CN)(N(C)Cc2ccccc2OC)CC1. The molecule has 1 aliphatic carbocycles. The summed E-state index contributed by atoms with van der Waals surface area (Å²) in [6.07, 6.45) is 6.35. The molecule has 0 radical (unpaired) electrons. The molecule has 1 aromatic rings. The fourth-order valence-electron chi connectivity index (χ4n) is 3.62. The zero-order chi connectivity index (χ0) is 15.3. The van der Waals surface area contributed by atoms with E-state index in [1.54, 1.807) is 7.11 Å². The molecule has 0 spiro atoms. The van der Waals surface area contributed by atoms with Gasteiger partial charge in [-0.25, -0.2) is 0 Å². The average Bonchev–Trinajstić information content (AvgIpc) is 2.55. The van der Waals surface area contributed by atoms with Crippen LogP contribution in [0, 0.1) is 5.92 Å². The molecule has 1 saturated carbocycles. The van der Waals surface area contributed by atoms with Crippen LogP contribution in [-0.4, -0.2) is 31.1 Å². The van der Waals surface area contributed by atoms with E-state index in [9.17, 15) is 0 Å². The number of likely N-dealkylation sites (N-methyl/N-ethyl adjacent to an activating group) is 1. The molecule has 1 aliphatic rings. The van der Waals surface area contributed by atoms with Gasteiger partial charge in [-0.05, 0) is 44.7 Å². The molecule has 0 atom stereocenters. The zero-order valence-electron chi connectivity index (χ0n) is 13.8. The molecule has 0 heterocycles. The van der Waals surface area contributed by atoms with Crippen LogP contribution in [0.15, 0.2) is 24.3 Å². The Labute approximate surface area is 129 Å². The Bertz CT molecular complexity index is 439. The number of hydrogen-bond donors (Lipinski definition) is 1. The first-order chi connectivity index (χ1) is 10.1. The van der Waals surface area contributed by atoms with Crippen molar-refractivity contribution in [2.24, 2.45) is 11.7 Å². The van der Waals surface area contributed by atoms with Crippen LogP contribution < -0.4 is 10.5 Å². The first-order valence-corrected chi connectivity index (χ1v) is 8.18. The highest BCUT2D eigenvalue weighted by Crippen LogP contribution is 2.37. The normalized spacial score (nSPS) is 26.0. The number of rotatable bonds is 6. The summed E-state index contributed by atoms with van der Waals surface area (Å²) in [7, 11) is 3.95. The molecule has 21 heavy (non-hydrogen) atoms. The molecule has 0 aromatic heterocycles. The molecular formula is C18H30N2O. The summed E-state index contributed by atoms with van der Waals surface area (Å²) in [4.78, 5) is 2.46. The van der Waals surface area contributed by atoms with E-state index in [0.29, 0.717) is 0 Å². The number of methoxy groups -OCH3 is 1. The molecule has 0 aliphatic heterocycles. The molecule has 3 nitrogen and oxygen atoms in total. The van der Waals surface area contributed by atoms with E-state index < -0.39 is 0 Å². The quantitative estimate of drug-likeness (QED) is 0.872. The Hall–Kier alpha value is -1.06. The molecule has 0 amide bonds. The molecule has 1 fully saturated rings. The summed E-state index contributed by atoms with van der Waals surface area (Å²) in [5.74, 6) is 1.86. The largest absolute Gasteiger partial charge is 0.496 e. The van der Waals surface area contributed by atoms with Crippen LogP contribution in [0.5, 0.6) is 5.75 Å². The Kier molecular flexibility index (Phi) is 5.65. The third kappa shape index (κ3) is 3.58. The van der Waals surface area contributed by atoms with Gasteiger partial charge >= 0.3 is 0 Å². The standard InChI is InChI=1S/C18H30N2O/c1-4-15-9-11-18(14-19,12-10-15)20(2)13-16-7-5-6-8-17(16)21-3/h5-8,15H,4,9-14,19H2,1-3H3. The second-order valence-electron chi connectivity index (χ2n) is 6.45. The summed E-state index contributed by atoms with van der Waals surface area (Å²) in [5.41, 5.74) is 7.58. The molecular weight excluding hydrogens is 260 g/mol. The molecule has 0 bridgehead atoms. The Morgan fingerprint density at radius 2 is 1.95 bits per heavy atom. The van der Waals surface area contributed by atoms with Crippen molar-refractivity contribution in [3.8, 4) is 5.75 Å². The van der Waals surface area contributed by atoms with Crippen molar-refractivity contribution in [3.05, 3.63) is 29.8 Å². The van der Waals surface area contributed by atoms with Gasteiger partial charge in [-0.1, -0.05) is 31.5 Å². The van der Waals surface area contributed by atoms with Gasteiger partial charge in [0.15, 0.2) is 0 Å². The predicted octanol–water partition coefficient (Wildman–Crippen LogP) is 3.42. The molecule has 0 saturated heterocycles. The van der Waals surface area contributed by atoms with E-state index >= 15 is 0 Å². The third-order valence-corrected chi connectivity index (χ3v) is 5.40. The van der Waals surface area contributed by atoms with E-state index in [2.05, 4.69) is 31.0 Å². The average molecular weight is 290 g/mol. The number of ether oxygens (including phenoxy) is 1. The van der Waals surface area contributed by atoms with Crippen LogP contribution in [-0.2, 0) is 6.54 Å². The lowest BCUT2D eigenvalue weighted by atomic mass is 9.74. The molecule has 2 N–H and O–H groups in total. The van der Waals surface area contributed by atoms with Crippen LogP contribution >= 0.6 is 0 Å². The van der Waals surface area contributed by atoms with Crippen LogP contribution in [0.2, 0.25) is 0 Å². The van der Waals surface area contributed by atoms with Crippen molar-refractivity contribution < 1.29 is 4.74 Å². The minimum Gasteiger partial charge on any atom is -0.496 e. The van der Waals surface area contributed by atoms with Crippen molar-refractivity contribution in [3.63, 3.8) is 0 Å². The van der Waals surface area contributed by atoms with Gasteiger partial charge in [-0.2, -0.15) is 0 Å². The minimum absolute atomic E-state index is 0.159. The molecule has 2 rings (SSSR count). The Balaban J connectivity index is 2.08. The van der Waals surface area contributed by atoms with Gasteiger partial charge < -0.3 is 10.5 Å². The van der Waals surface area contributed by atoms with Gasteiger partial charge in [-0.3, -0.25) is 4.90 Å². The van der Waals surface area contributed by atoms with Crippen LogP contribution in [0.3, 0.4) is 0 Å². The van der Waals surface area contributed by atoms with Crippen LogP contribution in [0.4, 0.5) is 0 Å². The lowest BCUT2D eigenvalue weighted by Crippen LogP contribution is -2.53. The van der Waals surface area contributed by atoms with Gasteiger partial charge in [0.25, 0.3) is 0 Å². The molecule has 118 valence electrons. The third-order valence-electron chi connectivity index (χ3n) is 5.40. The van der Waals surface area contributed by atoms with Crippen LogP contribution in [0.1, 0.15) is 44.6 Å². The fraction of sp³-hybridized carbons (Fsp3) is 0.667. The maximum absolute atomic E-state index is 6.18. The van der Waals surface area contributed by atoms with Crippen molar-refractivity contribution in [2.75, 3.05) is 20.7 Å². The maximum Gasteiger partial charge on any atom is 0.123 e. The highest BCUT2D eigenvalue weighted by molar-refractivity contribution is 5.33. The predicted molar refractivity (Wildman–Crippen MR) is 88.5 cm³/mol. The number of benzene rings is 1. The second kappa shape index (κ2) is 7.28. The lowest BCUT2D eigenvalue weighted by Gasteiger charge is -2.46. The number of nitrogens with zero attached hydrogens (tertiary/aromatic N) is 1. The van der Waals surface area contributed by atoms with E-state index in [0.717, 1.165) is 24.8 Å². The van der Waals surface area contributed by atoms with E-state index in [4.69, 9.17) is 10.5 Å². The summed E-state index contributed by atoms with van der Waals surface area (Å²) in [6.45, 7) is 3.95. The van der Waals surface area contributed by atoms with Gasteiger partial charge in [0.1, 0.15) is 5.75 Å². The molecule has 3 heteroatoms. The van der Waals surface area contributed by atoms with Crippen molar-refractivity contribution in [1.29, 1.82) is 0 Å². The maximum atomic E-state index is 6.18. The highest BCUT2D eigenvalue weighted by atomic mass is 16.5. The van der Waals surface area contributed by atoms with Gasteiger partial charge in [0, 0.05) is 24.2 Å². The monoisotopic (exact) mass is 290 g/mol. The first-order valence-electron chi connectivity index (χ1n) is 8.18. The lowest BCUT2D eigenvalue weighted by molar-refractivity contribution is 0.0573. The van der Waals surface area contributed by atoms with Crippen molar-refractivity contribution in [1.82, 2.24) is 4.90 Å². The smallest absolute Gasteiger partial charge is 0.123 e.